The largest absolute Gasteiger partial charge is 0.476 e. The van der Waals surface area contributed by atoms with Gasteiger partial charge < -0.3 is 19.5 Å². The molecule has 0 bridgehead atoms. The number of ether oxygens (including phenoxy) is 3. The predicted octanol–water partition coefficient (Wildman–Crippen LogP) is 0.628. The minimum absolute atomic E-state index is 0.548. The van der Waals surface area contributed by atoms with E-state index >= 15 is 0 Å². The quantitative estimate of drug-likeness (QED) is 0.619. The Bertz CT molecular complexity index is 306. The number of hydrogen-bond donors (Lipinski definition) is 1. The molecular weight excluding hydrogens is 234 g/mol. The van der Waals surface area contributed by atoms with Crippen molar-refractivity contribution in [1.82, 2.24) is 15.3 Å². The zero-order chi connectivity index (χ0) is 13.1. The van der Waals surface area contributed by atoms with Crippen LogP contribution in [0.15, 0.2) is 12.4 Å². The smallest absolute Gasteiger partial charge is 0.232 e. The van der Waals surface area contributed by atoms with Crippen molar-refractivity contribution in [2.24, 2.45) is 0 Å². The van der Waals surface area contributed by atoms with Crippen molar-refractivity contribution < 1.29 is 14.2 Å². The van der Waals surface area contributed by atoms with Crippen LogP contribution in [0.25, 0.3) is 0 Å². The van der Waals surface area contributed by atoms with Crippen LogP contribution < -0.4 is 10.1 Å². The van der Waals surface area contributed by atoms with Gasteiger partial charge in [-0.25, -0.2) is 4.98 Å². The van der Waals surface area contributed by atoms with Crippen LogP contribution >= 0.6 is 0 Å². The van der Waals surface area contributed by atoms with Crippen molar-refractivity contribution in [2.45, 2.75) is 13.0 Å². The maximum absolute atomic E-state index is 5.44. The average Bonchev–Trinajstić information content (AvgIpc) is 2.40. The first kappa shape index (κ1) is 14.8. The van der Waals surface area contributed by atoms with Crippen LogP contribution in [0, 0.1) is 0 Å². The second-order valence-corrected chi connectivity index (χ2v) is 3.68. The molecule has 0 saturated heterocycles. The van der Waals surface area contributed by atoms with E-state index in [0.717, 1.165) is 12.1 Å². The normalized spacial score (nSPS) is 10.6. The van der Waals surface area contributed by atoms with E-state index in [-0.39, 0.29) is 0 Å². The van der Waals surface area contributed by atoms with Crippen molar-refractivity contribution in [3.63, 3.8) is 0 Å². The van der Waals surface area contributed by atoms with Gasteiger partial charge in [0.25, 0.3) is 0 Å². The number of rotatable bonds is 10. The fourth-order valence-corrected chi connectivity index (χ4v) is 1.27. The molecule has 0 aliphatic rings. The molecular formula is C12H21N3O3. The summed E-state index contributed by atoms with van der Waals surface area (Å²) in [5.41, 5.74) is 0.896. The summed E-state index contributed by atoms with van der Waals surface area (Å²) in [7, 11) is 3.53. The summed E-state index contributed by atoms with van der Waals surface area (Å²) in [5.74, 6) is 0.548. The van der Waals surface area contributed by atoms with E-state index in [1.54, 1.807) is 19.5 Å². The minimum Gasteiger partial charge on any atom is -0.476 e. The first-order valence-corrected chi connectivity index (χ1v) is 6.02. The standard InChI is InChI=1S/C12H21N3O3/c1-13-8-11-9-15-12(10-14-11)18-5-3-4-17-7-6-16-2/h9-10,13H,3-8H2,1-2H3. The van der Waals surface area contributed by atoms with Crippen LogP contribution in [0.5, 0.6) is 5.88 Å². The summed E-state index contributed by atoms with van der Waals surface area (Å²) in [4.78, 5) is 8.37. The van der Waals surface area contributed by atoms with Gasteiger partial charge in [0.15, 0.2) is 0 Å². The Morgan fingerprint density at radius 2 is 2.00 bits per heavy atom. The molecule has 102 valence electrons. The molecule has 0 saturated carbocycles. The molecule has 1 aromatic rings. The summed E-state index contributed by atoms with van der Waals surface area (Å²) >= 11 is 0. The molecule has 0 aliphatic carbocycles. The van der Waals surface area contributed by atoms with E-state index in [9.17, 15) is 0 Å². The number of hydrogen-bond acceptors (Lipinski definition) is 6. The molecule has 6 heteroatoms. The van der Waals surface area contributed by atoms with Crippen molar-refractivity contribution in [3.8, 4) is 5.88 Å². The van der Waals surface area contributed by atoms with E-state index in [4.69, 9.17) is 14.2 Å². The molecule has 6 nitrogen and oxygen atoms in total. The summed E-state index contributed by atoms with van der Waals surface area (Å²) in [5, 5.41) is 3.01. The van der Waals surface area contributed by atoms with E-state index < -0.39 is 0 Å². The Hall–Kier alpha value is -1.24. The van der Waals surface area contributed by atoms with E-state index in [1.807, 2.05) is 7.05 Å². The SMILES string of the molecule is CNCc1cnc(OCCCOCCOC)cn1. The number of methoxy groups -OCH3 is 1. The summed E-state index contributed by atoms with van der Waals surface area (Å²) in [6, 6.07) is 0. The molecule has 18 heavy (non-hydrogen) atoms. The number of nitrogens with zero attached hydrogens (tertiary/aromatic N) is 2. The van der Waals surface area contributed by atoms with E-state index in [1.165, 1.54) is 0 Å². The second kappa shape index (κ2) is 9.76. The van der Waals surface area contributed by atoms with Crippen molar-refractivity contribution >= 4 is 0 Å². The highest BCUT2D eigenvalue weighted by atomic mass is 16.5. The Kier molecular flexibility index (Phi) is 8.03. The molecule has 0 radical (unpaired) electrons. The first-order valence-electron chi connectivity index (χ1n) is 6.02. The average molecular weight is 255 g/mol. The van der Waals surface area contributed by atoms with Crippen LogP contribution in [0.3, 0.4) is 0 Å². The Balaban J connectivity index is 2.08. The lowest BCUT2D eigenvalue weighted by atomic mass is 10.4. The lowest BCUT2D eigenvalue weighted by Gasteiger charge is -2.06. The van der Waals surface area contributed by atoms with Gasteiger partial charge in [-0.15, -0.1) is 0 Å². The molecule has 0 atom stereocenters. The highest BCUT2D eigenvalue weighted by Crippen LogP contribution is 2.04. The van der Waals surface area contributed by atoms with E-state index in [0.29, 0.717) is 38.9 Å². The zero-order valence-electron chi connectivity index (χ0n) is 11.0. The Morgan fingerprint density at radius 1 is 1.11 bits per heavy atom. The Labute approximate surface area is 108 Å². The Morgan fingerprint density at radius 3 is 2.67 bits per heavy atom. The van der Waals surface area contributed by atoms with Gasteiger partial charge in [-0.1, -0.05) is 0 Å². The third kappa shape index (κ3) is 6.48. The zero-order valence-corrected chi connectivity index (χ0v) is 11.0. The third-order valence-corrected chi connectivity index (χ3v) is 2.15. The molecule has 1 heterocycles. The first-order chi connectivity index (χ1) is 8.86. The van der Waals surface area contributed by atoms with Crippen molar-refractivity contribution in [2.75, 3.05) is 40.6 Å². The molecule has 0 aliphatic heterocycles. The lowest BCUT2D eigenvalue weighted by Crippen LogP contribution is -2.09. The van der Waals surface area contributed by atoms with Gasteiger partial charge in [0.2, 0.25) is 5.88 Å². The topological polar surface area (TPSA) is 65.5 Å². The molecule has 1 N–H and O–H groups in total. The second-order valence-electron chi connectivity index (χ2n) is 3.68. The van der Waals surface area contributed by atoms with Crippen molar-refractivity contribution in [3.05, 3.63) is 18.1 Å². The van der Waals surface area contributed by atoms with Gasteiger partial charge in [0.05, 0.1) is 37.9 Å². The molecule has 0 fully saturated rings. The molecule has 0 amide bonds. The monoisotopic (exact) mass is 255 g/mol. The molecule has 0 spiro atoms. The van der Waals surface area contributed by atoms with Crippen LogP contribution in [-0.4, -0.2) is 50.6 Å². The van der Waals surface area contributed by atoms with Gasteiger partial charge >= 0.3 is 0 Å². The number of nitrogens with one attached hydrogen (secondary N) is 1. The van der Waals surface area contributed by atoms with Crippen LogP contribution in [-0.2, 0) is 16.0 Å². The highest BCUT2D eigenvalue weighted by molar-refractivity contribution is 5.06. The van der Waals surface area contributed by atoms with Gasteiger partial charge in [-0.2, -0.15) is 0 Å². The van der Waals surface area contributed by atoms with Gasteiger partial charge in [-0.05, 0) is 7.05 Å². The van der Waals surface area contributed by atoms with Crippen LogP contribution in [0.1, 0.15) is 12.1 Å². The van der Waals surface area contributed by atoms with Gasteiger partial charge in [0.1, 0.15) is 0 Å². The maximum atomic E-state index is 5.44. The van der Waals surface area contributed by atoms with Gasteiger partial charge in [0, 0.05) is 26.7 Å². The fourth-order valence-electron chi connectivity index (χ4n) is 1.27. The van der Waals surface area contributed by atoms with E-state index in [2.05, 4.69) is 15.3 Å². The van der Waals surface area contributed by atoms with Crippen LogP contribution in [0.4, 0.5) is 0 Å². The maximum Gasteiger partial charge on any atom is 0.232 e. The van der Waals surface area contributed by atoms with Crippen molar-refractivity contribution in [1.29, 1.82) is 0 Å². The fraction of sp³-hybridized carbons (Fsp3) is 0.667. The predicted molar refractivity (Wildman–Crippen MR) is 67.6 cm³/mol. The summed E-state index contributed by atoms with van der Waals surface area (Å²) in [6.07, 6.45) is 4.17. The lowest BCUT2D eigenvalue weighted by molar-refractivity contribution is 0.0642. The molecule has 1 rings (SSSR count). The molecule has 1 aromatic heterocycles. The summed E-state index contributed by atoms with van der Waals surface area (Å²) < 4.78 is 15.6. The minimum atomic E-state index is 0.548. The van der Waals surface area contributed by atoms with Crippen LogP contribution in [0.2, 0.25) is 0 Å². The highest BCUT2D eigenvalue weighted by Gasteiger charge is 1.98. The summed E-state index contributed by atoms with van der Waals surface area (Å²) in [6.45, 7) is 3.19. The number of aromatic nitrogens is 2. The molecule has 0 aromatic carbocycles. The third-order valence-electron chi connectivity index (χ3n) is 2.15. The van der Waals surface area contributed by atoms with Gasteiger partial charge in [-0.3, -0.25) is 4.98 Å². The molecule has 0 unspecified atom stereocenters.